The molecule has 0 spiro atoms. The van der Waals surface area contributed by atoms with Gasteiger partial charge in [0.05, 0.1) is 21.2 Å². The molecule has 0 bridgehead atoms. The summed E-state index contributed by atoms with van der Waals surface area (Å²) in [5, 5.41) is 23.6. The van der Waals surface area contributed by atoms with Gasteiger partial charge in [-0.2, -0.15) is 0 Å². The lowest BCUT2D eigenvalue weighted by atomic mass is 10.1. The zero-order valence-corrected chi connectivity index (χ0v) is 25.2. The molecule has 2 heterocycles. The maximum absolute atomic E-state index is 13.2. The van der Waals surface area contributed by atoms with Crippen LogP contribution in [0.4, 0.5) is 16.5 Å². The van der Waals surface area contributed by atoms with Crippen LogP contribution in [0.2, 0.25) is 0 Å². The minimum atomic E-state index is -0.585. The minimum Gasteiger partial charge on any atom is -0.321 e. The number of benzene rings is 3. The predicted molar refractivity (Wildman–Crippen MR) is 175 cm³/mol. The first-order valence-electron chi connectivity index (χ1n) is 13.0. The summed E-state index contributed by atoms with van der Waals surface area (Å²) in [5.74, 6) is -1.08. The summed E-state index contributed by atoms with van der Waals surface area (Å²) in [6, 6.07) is 24.9. The molecule has 3 N–H and O–H groups in total. The van der Waals surface area contributed by atoms with E-state index in [1.165, 1.54) is 53.4 Å². The molecule has 5 rings (SSSR count). The zero-order valence-electron chi connectivity index (χ0n) is 22.8. The van der Waals surface area contributed by atoms with Crippen LogP contribution >= 0.6 is 34.4 Å². The fourth-order valence-electron chi connectivity index (χ4n) is 3.81. The van der Waals surface area contributed by atoms with E-state index in [2.05, 4.69) is 20.9 Å². The van der Waals surface area contributed by atoms with Crippen LogP contribution in [0.25, 0.3) is 16.6 Å². The first kappa shape index (κ1) is 30.4. The molecule has 0 saturated carbocycles. The van der Waals surface area contributed by atoms with Crippen LogP contribution in [0.5, 0.6) is 0 Å². The summed E-state index contributed by atoms with van der Waals surface area (Å²) in [5.41, 5.74) is 2.00. The molecule has 0 aliphatic heterocycles. The number of nitro benzene ring substituents is 1. The number of carbonyl (C=O) groups excluding carboxylic acids is 3. The van der Waals surface area contributed by atoms with Crippen LogP contribution in [0.3, 0.4) is 0 Å². The number of aromatic nitrogens is 1. The van der Waals surface area contributed by atoms with Gasteiger partial charge in [0, 0.05) is 33.7 Å². The predicted octanol–water partition coefficient (Wildman–Crippen LogP) is 6.92. The van der Waals surface area contributed by atoms with Gasteiger partial charge in [-0.05, 0) is 71.6 Å². The maximum atomic E-state index is 13.2. The third-order valence-corrected chi connectivity index (χ3v) is 8.61. The van der Waals surface area contributed by atoms with Crippen molar-refractivity contribution in [3.8, 4) is 10.6 Å². The first-order chi connectivity index (χ1) is 21.3. The third-order valence-electron chi connectivity index (χ3n) is 5.95. The van der Waals surface area contributed by atoms with Gasteiger partial charge in [-0.3, -0.25) is 24.5 Å². The molecule has 10 nitrogen and oxygen atoms in total. The van der Waals surface area contributed by atoms with Gasteiger partial charge >= 0.3 is 0 Å². The van der Waals surface area contributed by atoms with E-state index in [0.717, 1.165) is 15.5 Å². The van der Waals surface area contributed by atoms with Crippen molar-refractivity contribution in [1.82, 2.24) is 10.3 Å². The average molecular weight is 642 g/mol. The van der Waals surface area contributed by atoms with Crippen molar-refractivity contribution < 1.29 is 19.3 Å². The van der Waals surface area contributed by atoms with Crippen molar-refractivity contribution in [2.24, 2.45) is 0 Å². The molecule has 0 unspecified atom stereocenters. The van der Waals surface area contributed by atoms with Gasteiger partial charge < -0.3 is 16.0 Å². The van der Waals surface area contributed by atoms with Crippen molar-refractivity contribution in [3.63, 3.8) is 0 Å². The van der Waals surface area contributed by atoms with E-state index in [9.17, 15) is 24.5 Å². The summed E-state index contributed by atoms with van der Waals surface area (Å²) in [6.45, 7) is 0. The van der Waals surface area contributed by atoms with E-state index in [1.54, 1.807) is 65.9 Å². The highest BCUT2D eigenvalue weighted by atomic mass is 32.2. The second-order valence-electron chi connectivity index (χ2n) is 9.06. The quantitative estimate of drug-likeness (QED) is 0.0615. The van der Waals surface area contributed by atoms with Crippen LogP contribution in [0, 0.1) is 10.1 Å². The van der Waals surface area contributed by atoms with Crippen LogP contribution in [-0.4, -0.2) is 33.4 Å². The molecular weight excluding hydrogens is 619 g/mol. The van der Waals surface area contributed by atoms with Crippen molar-refractivity contribution in [2.45, 2.75) is 4.90 Å². The lowest BCUT2D eigenvalue weighted by Gasteiger charge is -2.12. The SMILES string of the molecule is O=C(CSc1ccc(NC(=O)/C(=C/c2ccc([N+](=O)[O-])cc2)NC(=O)c2ccccc2)cc1)Nc1nc(-c2cccs2)cs1. The van der Waals surface area contributed by atoms with Crippen LogP contribution in [0.15, 0.2) is 112 Å². The minimum absolute atomic E-state index is 0.0488. The highest BCUT2D eigenvalue weighted by molar-refractivity contribution is 8.00. The Morgan fingerprint density at radius 1 is 0.886 bits per heavy atom. The molecule has 0 radical (unpaired) electrons. The average Bonchev–Trinajstić information content (AvgIpc) is 3.74. The van der Waals surface area contributed by atoms with E-state index in [0.29, 0.717) is 21.9 Å². The smallest absolute Gasteiger partial charge is 0.272 e. The summed E-state index contributed by atoms with van der Waals surface area (Å²) >= 11 is 4.29. The number of hydrogen-bond acceptors (Lipinski definition) is 9. The number of hydrogen-bond donors (Lipinski definition) is 3. The normalized spacial score (nSPS) is 11.0. The lowest BCUT2D eigenvalue weighted by Crippen LogP contribution is -2.30. The number of rotatable bonds is 11. The van der Waals surface area contributed by atoms with Crippen molar-refractivity contribution in [2.75, 3.05) is 16.4 Å². The summed E-state index contributed by atoms with van der Waals surface area (Å²) < 4.78 is 0. The van der Waals surface area contributed by atoms with E-state index in [4.69, 9.17) is 0 Å². The van der Waals surface area contributed by atoms with Gasteiger partial charge in [-0.25, -0.2) is 4.98 Å². The van der Waals surface area contributed by atoms with E-state index >= 15 is 0 Å². The molecule has 0 aliphatic carbocycles. The maximum Gasteiger partial charge on any atom is 0.272 e. The van der Waals surface area contributed by atoms with E-state index < -0.39 is 16.7 Å². The van der Waals surface area contributed by atoms with Crippen molar-refractivity contribution in [1.29, 1.82) is 0 Å². The highest BCUT2D eigenvalue weighted by Gasteiger charge is 2.16. The number of amides is 3. The van der Waals surface area contributed by atoms with Crippen LogP contribution in [0.1, 0.15) is 15.9 Å². The number of nitrogens with one attached hydrogen (secondary N) is 3. The van der Waals surface area contributed by atoms with E-state index in [1.807, 2.05) is 22.9 Å². The van der Waals surface area contributed by atoms with Gasteiger partial charge in [0.15, 0.2) is 5.13 Å². The fourth-order valence-corrected chi connectivity index (χ4v) is 5.99. The zero-order chi connectivity index (χ0) is 30.9. The van der Waals surface area contributed by atoms with Crippen molar-refractivity contribution in [3.05, 3.63) is 129 Å². The van der Waals surface area contributed by atoms with Crippen molar-refractivity contribution >= 4 is 74.7 Å². The molecular formula is C31H23N5O5S3. The molecule has 13 heteroatoms. The van der Waals surface area contributed by atoms with E-state index in [-0.39, 0.29) is 23.0 Å². The molecule has 44 heavy (non-hydrogen) atoms. The number of anilines is 2. The molecule has 3 amide bonds. The molecule has 3 aromatic carbocycles. The number of thiazole rings is 1. The topological polar surface area (TPSA) is 143 Å². The van der Waals surface area contributed by atoms with Gasteiger partial charge in [-0.15, -0.1) is 34.4 Å². The Labute approximate surface area is 264 Å². The molecule has 0 fully saturated rings. The molecule has 0 saturated heterocycles. The van der Waals surface area contributed by atoms with Crippen LogP contribution in [-0.2, 0) is 9.59 Å². The number of thioether (sulfide) groups is 1. The van der Waals surface area contributed by atoms with Gasteiger partial charge in [-0.1, -0.05) is 24.3 Å². The largest absolute Gasteiger partial charge is 0.321 e. The molecule has 0 atom stereocenters. The number of carbonyl (C=O) groups is 3. The molecule has 2 aromatic heterocycles. The molecule has 220 valence electrons. The number of nitro groups is 1. The number of nitrogens with zero attached hydrogens (tertiary/aromatic N) is 2. The Balaban J connectivity index is 1.21. The van der Waals surface area contributed by atoms with Gasteiger partial charge in [0.25, 0.3) is 17.5 Å². The Morgan fingerprint density at radius 2 is 1.64 bits per heavy atom. The Hall–Kier alpha value is -5.11. The van der Waals surface area contributed by atoms with Crippen LogP contribution < -0.4 is 16.0 Å². The molecule has 5 aromatic rings. The number of non-ortho nitro benzene ring substituents is 1. The third kappa shape index (κ3) is 8.25. The highest BCUT2D eigenvalue weighted by Crippen LogP contribution is 2.28. The molecule has 0 aliphatic rings. The van der Waals surface area contributed by atoms with Gasteiger partial charge in [0.2, 0.25) is 5.91 Å². The Kier molecular flexibility index (Phi) is 9.92. The summed E-state index contributed by atoms with van der Waals surface area (Å²) in [4.78, 5) is 55.3. The monoisotopic (exact) mass is 641 g/mol. The Morgan fingerprint density at radius 3 is 2.32 bits per heavy atom. The Bertz CT molecular complexity index is 1800. The first-order valence-corrected chi connectivity index (χ1v) is 15.7. The van der Waals surface area contributed by atoms with Gasteiger partial charge in [0.1, 0.15) is 5.70 Å². The standard InChI is InChI=1S/C31H23N5O5S3/c37-28(35-31-34-26(18-44-31)27-7-4-16-42-27)19-43-24-14-10-22(11-15-24)32-30(39)25(33-29(38)21-5-2-1-3-6-21)17-20-8-12-23(13-9-20)36(40)41/h1-18H,19H2,(H,32,39)(H,33,38)(H,34,35,37)/b25-17-. The fraction of sp³-hybridized carbons (Fsp3) is 0.0323. The lowest BCUT2D eigenvalue weighted by molar-refractivity contribution is -0.384. The number of thiophene rings is 1. The second kappa shape index (κ2) is 14.4. The summed E-state index contributed by atoms with van der Waals surface area (Å²) in [6.07, 6.45) is 1.44. The second-order valence-corrected chi connectivity index (χ2v) is 11.9. The summed E-state index contributed by atoms with van der Waals surface area (Å²) in [7, 11) is 0.